The first-order valence-corrected chi connectivity index (χ1v) is 13.2. The molecule has 0 unspecified atom stereocenters. The Kier molecular flexibility index (Phi) is 8.95. The van der Waals surface area contributed by atoms with Gasteiger partial charge in [-0.15, -0.1) is 0 Å². The number of carbonyl (C=O) groups is 2. The standard InChI is InChI=1S/C29H23N3O3S.C2H6/c1-35-22-14-11-20(12-15-22)28-23-9-5-6-10-25(23)36-26-16-13-21(18-24(26)30-28)29(34)32-31-27(33)17-19-7-3-2-4-8-19;1-2/h2-16,18H,17H2,1H3,(H,31,33)(H,32,34);1-2H3. The molecule has 4 aromatic rings. The number of ether oxygens (including phenoxy) is 1. The molecule has 6 nitrogen and oxygen atoms in total. The van der Waals surface area contributed by atoms with Gasteiger partial charge in [-0.2, -0.15) is 0 Å². The van der Waals surface area contributed by atoms with E-state index >= 15 is 0 Å². The van der Waals surface area contributed by atoms with E-state index in [9.17, 15) is 9.59 Å². The van der Waals surface area contributed by atoms with Crippen molar-refractivity contribution < 1.29 is 14.3 Å². The van der Waals surface area contributed by atoms with Gasteiger partial charge in [-0.25, -0.2) is 4.99 Å². The van der Waals surface area contributed by atoms with Crippen LogP contribution in [-0.4, -0.2) is 24.6 Å². The molecule has 38 heavy (non-hydrogen) atoms. The van der Waals surface area contributed by atoms with Gasteiger partial charge in [0.25, 0.3) is 5.91 Å². The number of amides is 2. The van der Waals surface area contributed by atoms with Gasteiger partial charge >= 0.3 is 0 Å². The van der Waals surface area contributed by atoms with Crippen molar-refractivity contribution in [2.45, 2.75) is 30.1 Å². The Morgan fingerprint density at radius 2 is 1.53 bits per heavy atom. The van der Waals surface area contributed by atoms with Crippen LogP contribution in [0.15, 0.2) is 112 Å². The highest BCUT2D eigenvalue weighted by Crippen LogP contribution is 2.41. The molecule has 1 aliphatic heterocycles. The van der Waals surface area contributed by atoms with E-state index in [1.165, 1.54) is 0 Å². The van der Waals surface area contributed by atoms with Crippen molar-refractivity contribution in [1.82, 2.24) is 10.9 Å². The van der Waals surface area contributed by atoms with Gasteiger partial charge in [-0.3, -0.25) is 20.4 Å². The topological polar surface area (TPSA) is 79.8 Å². The number of nitrogens with zero attached hydrogens (tertiary/aromatic N) is 1. The van der Waals surface area contributed by atoms with E-state index < -0.39 is 5.91 Å². The Morgan fingerprint density at radius 3 is 2.26 bits per heavy atom. The lowest BCUT2D eigenvalue weighted by molar-refractivity contribution is -0.121. The third-order valence-corrected chi connectivity index (χ3v) is 6.84. The Balaban J connectivity index is 0.00000164. The minimum Gasteiger partial charge on any atom is -0.497 e. The van der Waals surface area contributed by atoms with Gasteiger partial charge in [0.1, 0.15) is 5.75 Å². The van der Waals surface area contributed by atoms with Crippen LogP contribution in [-0.2, 0) is 11.2 Å². The van der Waals surface area contributed by atoms with Gasteiger partial charge in [0.2, 0.25) is 5.91 Å². The summed E-state index contributed by atoms with van der Waals surface area (Å²) in [6.45, 7) is 4.00. The molecular formula is C31H29N3O3S. The van der Waals surface area contributed by atoms with Crippen molar-refractivity contribution in [3.05, 3.63) is 119 Å². The van der Waals surface area contributed by atoms with Crippen molar-refractivity contribution in [3.63, 3.8) is 0 Å². The van der Waals surface area contributed by atoms with E-state index in [1.807, 2.05) is 92.7 Å². The Hall–Kier alpha value is -4.36. The van der Waals surface area contributed by atoms with Crippen LogP contribution in [0.25, 0.3) is 0 Å². The third kappa shape index (κ3) is 6.30. The first-order valence-electron chi connectivity index (χ1n) is 12.4. The summed E-state index contributed by atoms with van der Waals surface area (Å²) in [5.74, 6) is 0.0617. The van der Waals surface area contributed by atoms with E-state index in [2.05, 4.69) is 16.9 Å². The zero-order valence-corrected chi connectivity index (χ0v) is 22.3. The molecule has 0 saturated heterocycles. The number of benzene rings is 4. The molecule has 0 radical (unpaired) electrons. The van der Waals surface area contributed by atoms with E-state index in [1.54, 1.807) is 31.0 Å². The molecule has 0 aliphatic carbocycles. The Bertz CT molecular complexity index is 1450. The summed E-state index contributed by atoms with van der Waals surface area (Å²) in [6.07, 6.45) is 0.176. The molecule has 2 N–H and O–H groups in total. The van der Waals surface area contributed by atoms with Crippen molar-refractivity contribution in [1.29, 1.82) is 0 Å². The summed E-state index contributed by atoms with van der Waals surface area (Å²) in [5, 5.41) is 0. The fourth-order valence-electron chi connectivity index (χ4n) is 3.88. The molecule has 0 aromatic heterocycles. The second-order valence-corrected chi connectivity index (χ2v) is 9.22. The van der Waals surface area contributed by atoms with Gasteiger partial charge in [0, 0.05) is 26.5 Å². The van der Waals surface area contributed by atoms with Crippen LogP contribution in [0.1, 0.15) is 40.9 Å². The Morgan fingerprint density at radius 1 is 0.816 bits per heavy atom. The summed E-state index contributed by atoms with van der Waals surface area (Å²) in [7, 11) is 1.64. The SMILES string of the molecule is CC.COc1ccc(C2=Nc3cc(C(=O)NNC(=O)Cc4ccccc4)ccc3Sc3ccccc32)cc1. The fourth-order valence-corrected chi connectivity index (χ4v) is 4.88. The minimum atomic E-state index is -0.410. The zero-order chi connectivity index (χ0) is 26.9. The molecule has 0 bridgehead atoms. The predicted octanol–water partition coefficient (Wildman–Crippen LogP) is 6.36. The molecule has 5 rings (SSSR count). The number of fused-ring (bicyclic) bond motifs is 2. The van der Waals surface area contributed by atoms with Gasteiger partial charge in [0.05, 0.1) is 24.9 Å². The highest BCUT2D eigenvalue weighted by molar-refractivity contribution is 7.99. The number of hydrogen-bond acceptors (Lipinski definition) is 5. The molecule has 7 heteroatoms. The van der Waals surface area contributed by atoms with Crippen LogP contribution < -0.4 is 15.6 Å². The summed E-state index contributed by atoms with van der Waals surface area (Å²) < 4.78 is 5.30. The second-order valence-electron chi connectivity index (χ2n) is 8.13. The van der Waals surface area contributed by atoms with E-state index in [0.717, 1.165) is 37.9 Å². The highest BCUT2D eigenvalue weighted by Gasteiger charge is 2.20. The van der Waals surface area contributed by atoms with Crippen molar-refractivity contribution in [3.8, 4) is 5.75 Å². The number of hydrogen-bond donors (Lipinski definition) is 2. The number of hydrazine groups is 1. The molecule has 0 atom stereocenters. The quantitative estimate of drug-likeness (QED) is 0.263. The highest BCUT2D eigenvalue weighted by atomic mass is 32.2. The predicted molar refractivity (Wildman–Crippen MR) is 152 cm³/mol. The molecule has 0 spiro atoms. The van der Waals surface area contributed by atoms with Crippen LogP contribution >= 0.6 is 11.8 Å². The number of carbonyl (C=O) groups excluding carboxylic acids is 2. The van der Waals surface area contributed by atoms with Gasteiger partial charge in [-0.1, -0.05) is 74.1 Å². The van der Waals surface area contributed by atoms with Crippen LogP contribution in [0.2, 0.25) is 0 Å². The molecule has 1 heterocycles. The maximum Gasteiger partial charge on any atom is 0.269 e. The lowest BCUT2D eigenvalue weighted by Crippen LogP contribution is -2.42. The Labute approximate surface area is 227 Å². The maximum atomic E-state index is 12.8. The third-order valence-electron chi connectivity index (χ3n) is 5.70. The van der Waals surface area contributed by atoms with E-state index in [-0.39, 0.29) is 12.3 Å². The van der Waals surface area contributed by atoms with Crippen LogP contribution in [0.4, 0.5) is 5.69 Å². The maximum absolute atomic E-state index is 12.8. The molecule has 0 fully saturated rings. The number of methoxy groups -OCH3 is 1. The monoisotopic (exact) mass is 523 g/mol. The zero-order valence-electron chi connectivity index (χ0n) is 21.5. The van der Waals surface area contributed by atoms with Gasteiger partial charge in [0.15, 0.2) is 0 Å². The molecule has 2 amide bonds. The average molecular weight is 524 g/mol. The molecule has 192 valence electrons. The van der Waals surface area contributed by atoms with Crippen molar-refractivity contribution in [2.24, 2.45) is 4.99 Å². The summed E-state index contributed by atoms with van der Waals surface area (Å²) >= 11 is 1.61. The summed E-state index contributed by atoms with van der Waals surface area (Å²) in [4.78, 5) is 32.1. The average Bonchev–Trinajstić information content (AvgIpc) is 3.14. The number of rotatable bonds is 5. The van der Waals surface area contributed by atoms with E-state index in [0.29, 0.717) is 11.3 Å². The van der Waals surface area contributed by atoms with Crippen LogP contribution in [0, 0.1) is 0 Å². The first kappa shape index (κ1) is 26.7. The summed E-state index contributed by atoms with van der Waals surface area (Å²) in [5.41, 5.74) is 9.72. The van der Waals surface area contributed by atoms with Gasteiger partial charge < -0.3 is 4.74 Å². The van der Waals surface area contributed by atoms with E-state index in [4.69, 9.17) is 9.73 Å². The molecule has 0 saturated carbocycles. The van der Waals surface area contributed by atoms with Gasteiger partial charge in [-0.05, 0) is 54.1 Å². The molecular weight excluding hydrogens is 494 g/mol. The lowest BCUT2D eigenvalue weighted by Gasteiger charge is -2.10. The smallest absolute Gasteiger partial charge is 0.269 e. The fraction of sp³-hybridized carbons (Fsp3) is 0.129. The first-order chi connectivity index (χ1) is 18.6. The number of aliphatic imine (C=N–C) groups is 1. The lowest BCUT2D eigenvalue weighted by atomic mass is 10.0. The normalized spacial score (nSPS) is 11.4. The van der Waals surface area contributed by atoms with Crippen molar-refractivity contribution in [2.75, 3.05) is 7.11 Å². The van der Waals surface area contributed by atoms with Crippen LogP contribution in [0.3, 0.4) is 0 Å². The molecule has 1 aliphatic rings. The summed E-state index contributed by atoms with van der Waals surface area (Å²) in [6, 6.07) is 30.6. The van der Waals surface area contributed by atoms with Crippen LogP contribution in [0.5, 0.6) is 5.75 Å². The molecule has 4 aromatic carbocycles. The minimum absolute atomic E-state index is 0.176. The number of nitrogens with one attached hydrogen (secondary N) is 2. The second kappa shape index (κ2) is 12.7. The van der Waals surface area contributed by atoms with Crippen molar-refractivity contribution >= 4 is 35.0 Å². The largest absolute Gasteiger partial charge is 0.497 e.